The Labute approximate surface area is 138 Å². The van der Waals surface area contributed by atoms with E-state index >= 15 is 0 Å². The average molecular weight is 336 g/mol. The smallest absolute Gasteiger partial charge is 0.251 e. The fourth-order valence-corrected chi connectivity index (χ4v) is 4.68. The third-order valence-corrected chi connectivity index (χ3v) is 7.10. The Bertz CT molecular complexity index is 684. The number of fused-ring (bicyclic) bond motifs is 2. The fourth-order valence-electron chi connectivity index (χ4n) is 3.85. The van der Waals surface area contributed by atoms with E-state index in [0.29, 0.717) is 23.2 Å². The van der Waals surface area contributed by atoms with E-state index in [-0.39, 0.29) is 11.7 Å². The van der Waals surface area contributed by atoms with Gasteiger partial charge in [-0.2, -0.15) is 0 Å². The summed E-state index contributed by atoms with van der Waals surface area (Å²) < 4.78 is 25.0. The quantitative estimate of drug-likeness (QED) is 0.898. The van der Waals surface area contributed by atoms with Gasteiger partial charge in [0.1, 0.15) is 0 Å². The highest BCUT2D eigenvalue weighted by atomic mass is 32.2. The van der Waals surface area contributed by atoms with Crippen LogP contribution in [0.1, 0.15) is 43.0 Å². The number of sulfonamides is 1. The van der Waals surface area contributed by atoms with Crippen LogP contribution >= 0.6 is 0 Å². The van der Waals surface area contributed by atoms with Crippen molar-refractivity contribution in [3.05, 3.63) is 29.8 Å². The van der Waals surface area contributed by atoms with Gasteiger partial charge in [0.2, 0.25) is 10.0 Å². The van der Waals surface area contributed by atoms with Crippen LogP contribution in [0.3, 0.4) is 0 Å². The number of rotatable bonds is 5. The Morgan fingerprint density at radius 1 is 1.22 bits per heavy atom. The molecule has 1 amide bonds. The molecule has 2 fully saturated rings. The van der Waals surface area contributed by atoms with Crippen molar-refractivity contribution in [1.29, 1.82) is 0 Å². The van der Waals surface area contributed by atoms with Gasteiger partial charge in [-0.05, 0) is 62.3 Å². The van der Waals surface area contributed by atoms with Crippen LogP contribution in [-0.4, -0.2) is 33.2 Å². The SMILES string of the molecule is CCS(=O)(=O)N(C)c1ccc(C(=O)N[C@H]2C[C@@H]3CC[C@@H]2C3)cc1. The highest BCUT2D eigenvalue weighted by Gasteiger charge is 2.40. The number of nitrogens with one attached hydrogen (secondary N) is 1. The largest absolute Gasteiger partial charge is 0.349 e. The summed E-state index contributed by atoms with van der Waals surface area (Å²) in [5.74, 6) is 1.43. The first-order chi connectivity index (χ1) is 10.9. The van der Waals surface area contributed by atoms with Gasteiger partial charge in [-0.1, -0.05) is 6.42 Å². The van der Waals surface area contributed by atoms with Gasteiger partial charge < -0.3 is 5.32 Å². The first-order valence-corrected chi connectivity index (χ1v) is 9.89. The Hall–Kier alpha value is -1.56. The number of amides is 1. The highest BCUT2D eigenvalue weighted by Crippen LogP contribution is 2.44. The van der Waals surface area contributed by atoms with Crippen LogP contribution in [0.2, 0.25) is 0 Å². The molecule has 2 aliphatic rings. The number of benzene rings is 1. The van der Waals surface area contributed by atoms with Crippen LogP contribution in [0.15, 0.2) is 24.3 Å². The van der Waals surface area contributed by atoms with Crippen LogP contribution in [0.4, 0.5) is 5.69 Å². The maximum Gasteiger partial charge on any atom is 0.251 e. The minimum atomic E-state index is -3.28. The summed E-state index contributed by atoms with van der Waals surface area (Å²) in [4.78, 5) is 12.4. The molecule has 0 unspecified atom stereocenters. The number of nitrogens with zero attached hydrogens (tertiary/aromatic N) is 1. The third-order valence-electron chi connectivity index (χ3n) is 5.33. The Morgan fingerprint density at radius 3 is 2.43 bits per heavy atom. The van der Waals surface area contributed by atoms with E-state index in [1.165, 1.54) is 30.6 Å². The van der Waals surface area contributed by atoms with Gasteiger partial charge in [-0.15, -0.1) is 0 Å². The number of carbonyl (C=O) groups excluding carboxylic acids is 1. The summed E-state index contributed by atoms with van der Waals surface area (Å²) in [5, 5.41) is 3.15. The van der Waals surface area contributed by atoms with Gasteiger partial charge >= 0.3 is 0 Å². The number of carbonyl (C=O) groups is 1. The lowest BCUT2D eigenvalue weighted by molar-refractivity contribution is 0.0923. The molecule has 3 rings (SSSR count). The van der Waals surface area contributed by atoms with E-state index in [1.54, 1.807) is 31.2 Å². The monoisotopic (exact) mass is 336 g/mol. The summed E-state index contributed by atoms with van der Waals surface area (Å²) in [6, 6.07) is 7.06. The number of hydrogen-bond donors (Lipinski definition) is 1. The van der Waals surface area contributed by atoms with Crippen LogP contribution in [0, 0.1) is 11.8 Å². The van der Waals surface area contributed by atoms with E-state index in [4.69, 9.17) is 0 Å². The highest BCUT2D eigenvalue weighted by molar-refractivity contribution is 7.92. The molecule has 1 aromatic carbocycles. The van der Waals surface area contributed by atoms with Crippen LogP contribution < -0.4 is 9.62 Å². The van der Waals surface area contributed by atoms with Gasteiger partial charge in [-0.3, -0.25) is 9.10 Å². The predicted octanol–water partition coefficient (Wildman–Crippen LogP) is 2.39. The van der Waals surface area contributed by atoms with Crippen molar-refractivity contribution in [2.24, 2.45) is 11.8 Å². The average Bonchev–Trinajstić information content (AvgIpc) is 3.17. The molecule has 2 aliphatic carbocycles. The maximum absolute atomic E-state index is 12.4. The van der Waals surface area contributed by atoms with E-state index in [1.807, 2.05) is 0 Å². The summed E-state index contributed by atoms with van der Waals surface area (Å²) in [7, 11) is -1.75. The molecule has 1 aromatic rings. The van der Waals surface area contributed by atoms with Gasteiger partial charge in [0.15, 0.2) is 0 Å². The zero-order valence-corrected chi connectivity index (χ0v) is 14.5. The number of hydrogen-bond acceptors (Lipinski definition) is 3. The van der Waals surface area contributed by atoms with Crippen molar-refractivity contribution >= 4 is 21.6 Å². The lowest BCUT2D eigenvalue weighted by atomic mass is 9.95. The zero-order valence-electron chi connectivity index (χ0n) is 13.7. The minimum Gasteiger partial charge on any atom is -0.349 e. The molecule has 0 radical (unpaired) electrons. The molecule has 0 aliphatic heterocycles. The fraction of sp³-hybridized carbons (Fsp3) is 0.588. The molecule has 6 heteroatoms. The predicted molar refractivity (Wildman–Crippen MR) is 91.0 cm³/mol. The van der Waals surface area contributed by atoms with Crippen molar-refractivity contribution < 1.29 is 13.2 Å². The van der Waals surface area contributed by atoms with Crippen molar-refractivity contribution in [3.63, 3.8) is 0 Å². The molecule has 5 nitrogen and oxygen atoms in total. The van der Waals surface area contributed by atoms with E-state index in [2.05, 4.69) is 5.32 Å². The Kier molecular flexibility index (Phi) is 4.36. The van der Waals surface area contributed by atoms with Crippen LogP contribution in [0.5, 0.6) is 0 Å². The first-order valence-electron chi connectivity index (χ1n) is 8.28. The Balaban J connectivity index is 1.66. The van der Waals surface area contributed by atoms with Crippen LogP contribution in [0.25, 0.3) is 0 Å². The Morgan fingerprint density at radius 2 is 1.91 bits per heavy atom. The lowest BCUT2D eigenvalue weighted by Gasteiger charge is -2.23. The topological polar surface area (TPSA) is 66.5 Å². The summed E-state index contributed by atoms with van der Waals surface area (Å²) in [5.41, 5.74) is 1.15. The van der Waals surface area contributed by atoms with Gasteiger partial charge in [0.25, 0.3) is 5.91 Å². The van der Waals surface area contributed by atoms with E-state index < -0.39 is 10.0 Å². The standard InChI is InChI=1S/C17H24N2O3S/c1-3-23(21,22)19(2)15-8-6-13(7-9-15)17(20)18-16-11-12-4-5-14(16)10-12/h6-9,12,14,16H,3-5,10-11H2,1-2H3,(H,18,20)/t12-,14-,16+/m1/s1. The van der Waals surface area contributed by atoms with Gasteiger partial charge in [0, 0.05) is 18.7 Å². The van der Waals surface area contributed by atoms with Gasteiger partial charge in [-0.25, -0.2) is 8.42 Å². The van der Waals surface area contributed by atoms with Crippen molar-refractivity contribution in [3.8, 4) is 0 Å². The molecular weight excluding hydrogens is 312 g/mol. The molecule has 2 saturated carbocycles. The third kappa shape index (κ3) is 3.22. The molecule has 3 atom stereocenters. The molecule has 0 aromatic heterocycles. The second-order valence-corrected chi connectivity index (χ2v) is 8.96. The number of anilines is 1. The maximum atomic E-state index is 12.4. The van der Waals surface area contributed by atoms with Crippen molar-refractivity contribution in [1.82, 2.24) is 5.32 Å². The molecule has 0 saturated heterocycles. The van der Waals surface area contributed by atoms with Gasteiger partial charge in [0.05, 0.1) is 11.4 Å². The first kappa shape index (κ1) is 16.3. The second-order valence-electron chi connectivity index (χ2n) is 6.67. The molecular formula is C17H24N2O3S. The molecule has 126 valence electrons. The normalized spacial score (nSPS) is 26.3. The van der Waals surface area contributed by atoms with E-state index in [9.17, 15) is 13.2 Å². The summed E-state index contributed by atoms with van der Waals surface area (Å²) in [6.07, 6.45) is 4.90. The molecule has 2 bridgehead atoms. The molecule has 23 heavy (non-hydrogen) atoms. The van der Waals surface area contributed by atoms with Crippen molar-refractivity contribution in [2.75, 3.05) is 17.1 Å². The summed E-state index contributed by atoms with van der Waals surface area (Å²) in [6.45, 7) is 1.61. The molecule has 0 spiro atoms. The minimum absolute atomic E-state index is 0.0516. The lowest BCUT2D eigenvalue weighted by Crippen LogP contribution is -2.38. The second kappa shape index (κ2) is 6.15. The van der Waals surface area contributed by atoms with Crippen molar-refractivity contribution in [2.45, 2.75) is 38.6 Å². The summed E-state index contributed by atoms with van der Waals surface area (Å²) >= 11 is 0. The zero-order chi connectivity index (χ0) is 16.6. The molecule has 1 N–H and O–H groups in total. The van der Waals surface area contributed by atoms with Crippen LogP contribution in [-0.2, 0) is 10.0 Å². The molecule has 0 heterocycles. The van der Waals surface area contributed by atoms with E-state index in [0.717, 1.165) is 12.3 Å².